The molecule has 0 amide bonds. The van der Waals surface area contributed by atoms with Crippen molar-refractivity contribution in [1.82, 2.24) is 0 Å². The Balaban J connectivity index is 0.000000360. The molecule has 0 aromatic heterocycles. The minimum Gasteiger partial charge on any atom is -0.266 e. The van der Waals surface area contributed by atoms with Crippen LogP contribution in [0.5, 0.6) is 0 Å². The Labute approximate surface area is 44.8 Å². The molecule has 1 rings (SSSR count). The van der Waals surface area contributed by atoms with E-state index in [1.807, 2.05) is 13.1 Å². The summed E-state index contributed by atoms with van der Waals surface area (Å²) in [5, 5.41) is 0. The van der Waals surface area contributed by atoms with Crippen LogP contribution in [0, 0.1) is 0 Å². The van der Waals surface area contributed by atoms with Crippen LogP contribution in [0.15, 0.2) is 17.3 Å². The molecule has 0 aromatic rings. The number of nitrogens with zero attached hydrogens (tertiary/aromatic N) is 1. The van der Waals surface area contributed by atoms with Gasteiger partial charge in [0.2, 0.25) is 0 Å². The zero-order chi connectivity index (χ0) is 4.41. The van der Waals surface area contributed by atoms with E-state index in [-0.39, 0.29) is 7.43 Å². The van der Waals surface area contributed by atoms with Crippen molar-refractivity contribution < 1.29 is 0 Å². The lowest BCUT2D eigenvalue weighted by atomic mass is 10.3. The van der Waals surface area contributed by atoms with Crippen molar-refractivity contribution in [1.29, 1.82) is 0 Å². The van der Waals surface area contributed by atoms with Crippen LogP contribution in [0.2, 0.25) is 0 Å². The molecule has 7 heavy (non-hydrogen) atoms. The molecule has 0 N–H and O–H groups in total. The van der Waals surface area contributed by atoms with Crippen LogP contribution in [0.25, 0.3) is 0 Å². The first-order valence-corrected chi connectivity index (χ1v) is 2.08. The highest BCUT2D eigenvalue weighted by molar-refractivity contribution is 5.85. The van der Waals surface area contributed by atoms with Crippen LogP contribution in [0.4, 0.5) is 0 Å². The topological polar surface area (TPSA) is 12.4 Å². The molecule has 0 bridgehead atoms. The van der Waals surface area contributed by atoms with Crippen molar-refractivity contribution in [3.05, 3.63) is 12.3 Å². The first-order chi connectivity index (χ1) is 2.89. The standard InChI is InChI=1S/C5H7N.CH4/c1-5-3-2-4-6-5;/h2,4H,3H2,1H3;1H4. The highest BCUT2D eigenvalue weighted by Gasteiger charge is 1.88. The molecule has 1 aliphatic rings. The molecular formula is C6H11N. The quantitative estimate of drug-likeness (QED) is 0.438. The second-order valence-corrected chi connectivity index (χ2v) is 1.45. The van der Waals surface area contributed by atoms with Crippen molar-refractivity contribution in [2.45, 2.75) is 20.8 Å². The summed E-state index contributed by atoms with van der Waals surface area (Å²) in [7, 11) is 0. The van der Waals surface area contributed by atoms with Gasteiger partial charge in [0.25, 0.3) is 0 Å². The van der Waals surface area contributed by atoms with Crippen molar-refractivity contribution in [3.8, 4) is 0 Å². The summed E-state index contributed by atoms with van der Waals surface area (Å²) < 4.78 is 0. The van der Waals surface area contributed by atoms with Gasteiger partial charge in [0.15, 0.2) is 0 Å². The van der Waals surface area contributed by atoms with Crippen molar-refractivity contribution in [2.75, 3.05) is 0 Å². The summed E-state index contributed by atoms with van der Waals surface area (Å²) in [6, 6.07) is 0. The average molecular weight is 97.2 g/mol. The number of allylic oxidation sites excluding steroid dienone is 1. The highest BCUT2D eigenvalue weighted by atomic mass is 14.7. The summed E-state index contributed by atoms with van der Waals surface area (Å²) >= 11 is 0. The van der Waals surface area contributed by atoms with E-state index in [1.54, 1.807) is 0 Å². The summed E-state index contributed by atoms with van der Waals surface area (Å²) in [6.07, 6.45) is 4.95. The van der Waals surface area contributed by atoms with E-state index in [1.165, 1.54) is 5.71 Å². The molecule has 0 aromatic carbocycles. The van der Waals surface area contributed by atoms with E-state index in [0.29, 0.717) is 0 Å². The molecule has 0 atom stereocenters. The molecule has 1 heterocycles. The summed E-state index contributed by atoms with van der Waals surface area (Å²) in [5.41, 5.74) is 1.22. The predicted octanol–water partition coefficient (Wildman–Crippen LogP) is 2.00. The van der Waals surface area contributed by atoms with E-state index in [2.05, 4.69) is 11.1 Å². The van der Waals surface area contributed by atoms with E-state index >= 15 is 0 Å². The van der Waals surface area contributed by atoms with Crippen LogP contribution in [-0.2, 0) is 0 Å². The second-order valence-electron chi connectivity index (χ2n) is 1.45. The fraction of sp³-hybridized carbons (Fsp3) is 0.500. The van der Waals surface area contributed by atoms with Gasteiger partial charge in [0.1, 0.15) is 0 Å². The third kappa shape index (κ3) is 1.53. The number of hydrogen-bond acceptors (Lipinski definition) is 1. The fourth-order valence-electron chi connectivity index (χ4n) is 0.456. The molecule has 0 fully saturated rings. The molecule has 0 saturated carbocycles. The van der Waals surface area contributed by atoms with E-state index in [0.717, 1.165) is 6.42 Å². The van der Waals surface area contributed by atoms with Gasteiger partial charge in [-0.1, -0.05) is 13.5 Å². The van der Waals surface area contributed by atoms with E-state index in [9.17, 15) is 0 Å². The Morgan fingerprint density at radius 3 is 2.57 bits per heavy atom. The van der Waals surface area contributed by atoms with Crippen molar-refractivity contribution in [2.24, 2.45) is 4.99 Å². The van der Waals surface area contributed by atoms with Crippen molar-refractivity contribution >= 4 is 5.71 Å². The van der Waals surface area contributed by atoms with Crippen LogP contribution in [0.1, 0.15) is 20.8 Å². The second kappa shape index (κ2) is 2.56. The average Bonchev–Trinajstić information content (AvgIpc) is 1.86. The predicted molar refractivity (Wildman–Crippen MR) is 33.6 cm³/mol. The monoisotopic (exact) mass is 97.1 g/mol. The first kappa shape index (κ1) is 6.41. The summed E-state index contributed by atoms with van der Waals surface area (Å²) in [4.78, 5) is 3.97. The lowest BCUT2D eigenvalue weighted by Gasteiger charge is -1.76. The van der Waals surface area contributed by atoms with Gasteiger partial charge in [-0.25, -0.2) is 0 Å². The van der Waals surface area contributed by atoms with Crippen LogP contribution in [0.3, 0.4) is 0 Å². The van der Waals surface area contributed by atoms with Gasteiger partial charge in [-0.3, -0.25) is 4.99 Å². The molecule has 0 saturated heterocycles. The fourth-order valence-corrected chi connectivity index (χ4v) is 0.456. The first-order valence-electron chi connectivity index (χ1n) is 2.08. The largest absolute Gasteiger partial charge is 0.266 e. The van der Waals surface area contributed by atoms with Crippen molar-refractivity contribution in [3.63, 3.8) is 0 Å². The van der Waals surface area contributed by atoms with Crippen LogP contribution >= 0.6 is 0 Å². The molecule has 0 spiro atoms. The van der Waals surface area contributed by atoms with Gasteiger partial charge in [-0.2, -0.15) is 0 Å². The normalized spacial score (nSPS) is 15.9. The molecule has 1 heteroatoms. The Morgan fingerprint density at radius 2 is 2.43 bits per heavy atom. The highest BCUT2D eigenvalue weighted by Crippen LogP contribution is 1.96. The van der Waals surface area contributed by atoms with Crippen LogP contribution in [-0.4, -0.2) is 5.71 Å². The van der Waals surface area contributed by atoms with E-state index in [4.69, 9.17) is 0 Å². The Morgan fingerprint density at radius 1 is 1.71 bits per heavy atom. The van der Waals surface area contributed by atoms with Gasteiger partial charge in [-0.15, -0.1) is 0 Å². The third-order valence-electron chi connectivity index (χ3n) is 0.814. The zero-order valence-corrected chi connectivity index (χ0v) is 3.81. The van der Waals surface area contributed by atoms with Gasteiger partial charge < -0.3 is 0 Å². The van der Waals surface area contributed by atoms with Crippen LogP contribution < -0.4 is 0 Å². The molecule has 0 aliphatic carbocycles. The minimum absolute atomic E-state index is 0. The maximum absolute atomic E-state index is 3.97. The van der Waals surface area contributed by atoms with E-state index < -0.39 is 0 Å². The molecular weight excluding hydrogens is 86.1 g/mol. The Kier molecular flexibility index (Phi) is 2.34. The maximum Gasteiger partial charge on any atom is 0.0231 e. The van der Waals surface area contributed by atoms with Gasteiger partial charge in [0.05, 0.1) is 0 Å². The maximum atomic E-state index is 3.97. The summed E-state index contributed by atoms with van der Waals surface area (Å²) in [5.74, 6) is 0. The minimum atomic E-state index is 0. The number of aliphatic imine (C=N–C) groups is 1. The lowest BCUT2D eigenvalue weighted by Crippen LogP contribution is -1.78. The zero-order valence-electron chi connectivity index (χ0n) is 3.81. The molecule has 1 aliphatic heterocycles. The smallest absolute Gasteiger partial charge is 0.0231 e. The third-order valence-corrected chi connectivity index (χ3v) is 0.814. The molecule has 1 nitrogen and oxygen atoms in total. The molecule has 40 valence electrons. The Hall–Kier alpha value is -0.590. The van der Waals surface area contributed by atoms with Gasteiger partial charge in [0, 0.05) is 18.3 Å². The van der Waals surface area contributed by atoms with Gasteiger partial charge in [-0.05, 0) is 6.92 Å². The molecule has 0 radical (unpaired) electrons. The van der Waals surface area contributed by atoms with Gasteiger partial charge >= 0.3 is 0 Å². The summed E-state index contributed by atoms with van der Waals surface area (Å²) in [6.45, 7) is 2.03. The Bertz CT molecular complexity index is 101. The number of rotatable bonds is 0. The number of hydrogen-bond donors (Lipinski definition) is 0. The SMILES string of the molecule is C.CC1=NC=CC1. The molecule has 0 unspecified atom stereocenters. The lowest BCUT2D eigenvalue weighted by molar-refractivity contribution is 1.50.